The number of hydrogen-bond donors (Lipinski definition) is 0. The molecule has 0 radical (unpaired) electrons. The summed E-state index contributed by atoms with van der Waals surface area (Å²) < 4.78 is 74.1. The zero-order valence-corrected chi connectivity index (χ0v) is 9.35. The van der Waals surface area contributed by atoms with Crippen LogP contribution in [0, 0.1) is 5.82 Å². The topological polar surface area (TPSA) is 43.4 Å². The molecular weight excluding hydrogens is 264 g/mol. The van der Waals surface area contributed by atoms with Crippen molar-refractivity contribution in [1.82, 2.24) is 0 Å². The highest BCUT2D eigenvalue weighted by Gasteiger charge is 2.48. The lowest BCUT2D eigenvalue weighted by atomic mass is 10.1. The maximum Gasteiger partial charge on any atom is 0.523 e. The predicted molar refractivity (Wildman–Crippen MR) is 50.9 cm³/mol. The molecule has 0 spiro atoms. The summed E-state index contributed by atoms with van der Waals surface area (Å²) in [7, 11) is -5.68. The lowest BCUT2D eigenvalue weighted by molar-refractivity contribution is -0.0569. The first-order valence-electron chi connectivity index (χ1n) is 4.38. The van der Waals surface area contributed by atoms with E-state index in [9.17, 15) is 26.0 Å². The molecule has 0 amide bonds. The SMILES string of the molecule is CC(OS(=O)(=O)C(F)(F)F)c1cccc(F)c1. The molecule has 0 aromatic heterocycles. The number of rotatable bonds is 3. The van der Waals surface area contributed by atoms with Gasteiger partial charge in [-0.3, -0.25) is 4.18 Å². The first kappa shape index (κ1) is 13.9. The van der Waals surface area contributed by atoms with E-state index >= 15 is 0 Å². The zero-order chi connectivity index (χ0) is 13.3. The van der Waals surface area contributed by atoms with Gasteiger partial charge in [-0.2, -0.15) is 21.6 Å². The molecule has 0 aliphatic heterocycles. The van der Waals surface area contributed by atoms with Gasteiger partial charge in [0.05, 0.1) is 6.10 Å². The molecule has 1 aromatic carbocycles. The summed E-state index contributed by atoms with van der Waals surface area (Å²) in [4.78, 5) is 0. The summed E-state index contributed by atoms with van der Waals surface area (Å²) in [5.74, 6) is -0.692. The minimum atomic E-state index is -5.68. The molecule has 0 heterocycles. The van der Waals surface area contributed by atoms with Gasteiger partial charge in [0.25, 0.3) is 0 Å². The molecule has 1 aromatic rings. The van der Waals surface area contributed by atoms with Crippen molar-refractivity contribution in [1.29, 1.82) is 0 Å². The van der Waals surface area contributed by atoms with Gasteiger partial charge in [-0.25, -0.2) is 4.39 Å². The Hall–Kier alpha value is -1.15. The molecule has 1 unspecified atom stereocenters. The molecule has 1 rings (SSSR count). The van der Waals surface area contributed by atoms with E-state index in [1.54, 1.807) is 0 Å². The molecule has 17 heavy (non-hydrogen) atoms. The largest absolute Gasteiger partial charge is 0.523 e. The van der Waals surface area contributed by atoms with Crippen LogP contribution in [-0.4, -0.2) is 13.9 Å². The smallest absolute Gasteiger partial charge is 0.255 e. The molecule has 1 atom stereocenters. The van der Waals surface area contributed by atoms with Gasteiger partial charge in [0.2, 0.25) is 0 Å². The lowest BCUT2D eigenvalue weighted by Crippen LogP contribution is -2.26. The van der Waals surface area contributed by atoms with E-state index in [2.05, 4.69) is 4.18 Å². The van der Waals surface area contributed by atoms with E-state index in [1.807, 2.05) is 0 Å². The highest BCUT2D eigenvalue weighted by Crippen LogP contribution is 2.29. The Morgan fingerprint density at radius 2 is 1.88 bits per heavy atom. The number of benzene rings is 1. The maximum atomic E-state index is 12.8. The van der Waals surface area contributed by atoms with Gasteiger partial charge in [0.1, 0.15) is 5.82 Å². The van der Waals surface area contributed by atoms with Crippen LogP contribution in [0.3, 0.4) is 0 Å². The third-order valence-corrected chi connectivity index (χ3v) is 2.98. The summed E-state index contributed by atoms with van der Waals surface area (Å²) in [5.41, 5.74) is -5.49. The van der Waals surface area contributed by atoms with Crippen LogP contribution in [-0.2, 0) is 14.3 Å². The minimum Gasteiger partial charge on any atom is -0.255 e. The fraction of sp³-hybridized carbons (Fsp3) is 0.333. The molecule has 8 heteroatoms. The fourth-order valence-corrected chi connectivity index (χ4v) is 1.66. The Labute approximate surface area is 95.1 Å². The van der Waals surface area contributed by atoms with E-state index < -0.39 is 27.5 Å². The Morgan fingerprint density at radius 3 is 2.35 bits per heavy atom. The van der Waals surface area contributed by atoms with Crippen LogP contribution in [0.2, 0.25) is 0 Å². The third-order valence-electron chi connectivity index (χ3n) is 1.87. The van der Waals surface area contributed by atoms with Gasteiger partial charge in [0.15, 0.2) is 0 Å². The van der Waals surface area contributed by atoms with Gasteiger partial charge in [-0.05, 0) is 24.6 Å². The monoisotopic (exact) mass is 272 g/mol. The van der Waals surface area contributed by atoms with E-state index in [0.717, 1.165) is 19.1 Å². The van der Waals surface area contributed by atoms with Crippen molar-refractivity contribution in [3.8, 4) is 0 Å². The van der Waals surface area contributed by atoms with Gasteiger partial charge in [-0.15, -0.1) is 0 Å². The quantitative estimate of drug-likeness (QED) is 0.483. The second-order valence-corrected chi connectivity index (χ2v) is 4.76. The van der Waals surface area contributed by atoms with E-state index in [1.165, 1.54) is 12.1 Å². The Balaban J connectivity index is 2.91. The molecule has 3 nitrogen and oxygen atoms in total. The van der Waals surface area contributed by atoms with Crippen molar-refractivity contribution in [2.45, 2.75) is 18.5 Å². The van der Waals surface area contributed by atoms with Crippen LogP contribution >= 0.6 is 0 Å². The minimum absolute atomic E-state index is 0.00201. The Kier molecular flexibility index (Phi) is 3.78. The van der Waals surface area contributed by atoms with Gasteiger partial charge in [-0.1, -0.05) is 12.1 Å². The fourth-order valence-electron chi connectivity index (χ4n) is 1.06. The molecule has 0 fully saturated rings. The summed E-state index contributed by atoms with van der Waals surface area (Å²) in [6.07, 6.45) is -1.42. The van der Waals surface area contributed by atoms with Crippen LogP contribution in [0.15, 0.2) is 24.3 Å². The summed E-state index contributed by atoms with van der Waals surface area (Å²) in [6.45, 7) is 1.08. The molecule has 0 bridgehead atoms. The summed E-state index contributed by atoms with van der Waals surface area (Å²) in [6, 6.07) is 4.48. The zero-order valence-electron chi connectivity index (χ0n) is 8.53. The van der Waals surface area contributed by atoms with Crippen LogP contribution < -0.4 is 0 Å². The second kappa shape index (κ2) is 4.61. The molecular formula is C9H8F4O3S. The van der Waals surface area contributed by atoms with Crippen LogP contribution in [0.25, 0.3) is 0 Å². The van der Waals surface area contributed by atoms with Crippen LogP contribution in [0.4, 0.5) is 17.6 Å². The Morgan fingerprint density at radius 1 is 1.29 bits per heavy atom. The van der Waals surface area contributed by atoms with Crippen molar-refractivity contribution in [2.75, 3.05) is 0 Å². The predicted octanol–water partition coefficient (Wildman–Crippen LogP) is 2.75. The highest BCUT2D eigenvalue weighted by molar-refractivity contribution is 7.87. The average Bonchev–Trinajstić information content (AvgIpc) is 2.15. The molecule has 0 aliphatic carbocycles. The summed E-state index contributed by atoms with van der Waals surface area (Å²) >= 11 is 0. The molecule has 0 N–H and O–H groups in total. The van der Waals surface area contributed by atoms with Crippen molar-refractivity contribution >= 4 is 10.1 Å². The Bertz CT molecular complexity index is 495. The van der Waals surface area contributed by atoms with Crippen molar-refractivity contribution < 1.29 is 30.2 Å². The van der Waals surface area contributed by atoms with Crippen molar-refractivity contribution in [3.05, 3.63) is 35.6 Å². The van der Waals surface area contributed by atoms with Crippen molar-refractivity contribution in [3.63, 3.8) is 0 Å². The van der Waals surface area contributed by atoms with Crippen LogP contribution in [0.5, 0.6) is 0 Å². The van der Waals surface area contributed by atoms with E-state index in [4.69, 9.17) is 0 Å². The first-order valence-corrected chi connectivity index (χ1v) is 5.79. The summed E-state index contributed by atoms with van der Waals surface area (Å²) in [5, 5.41) is 0. The van der Waals surface area contributed by atoms with Gasteiger partial charge in [0, 0.05) is 0 Å². The normalized spacial score (nSPS) is 14.6. The van der Waals surface area contributed by atoms with Crippen molar-refractivity contribution in [2.24, 2.45) is 0 Å². The molecule has 0 aliphatic rings. The second-order valence-electron chi connectivity index (χ2n) is 3.19. The number of alkyl halides is 3. The molecule has 96 valence electrons. The number of hydrogen-bond acceptors (Lipinski definition) is 3. The average molecular weight is 272 g/mol. The lowest BCUT2D eigenvalue weighted by Gasteiger charge is -2.14. The first-order chi connectivity index (χ1) is 7.63. The molecule has 0 saturated heterocycles. The number of halogens is 4. The standard InChI is InChI=1S/C9H8F4O3S/c1-6(7-3-2-4-8(10)5-7)16-17(14,15)9(11,12)13/h2-6H,1H3. The van der Waals surface area contributed by atoms with Crippen LogP contribution in [0.1, 0.15) is 18.6 Å². The van der Waals surface area contributed by atoms with E-state index in [-0.39, 0.29) is 5.56 Å². The van der Waals surface area contributed by atoms with Gasteiger partial charge < -0.3 is 0 Å². The third kappa shape index (κ3) is 3.40. The van der Waals surface area contributed by atoms with E-state index in [0.29, 0.717) is 0 Å². The highest BCUT2D eigenvalue weighted by atomic mass is 32.2. The maximum absolute atomic E-state index is 12.8. The van der Waals surface area contributed by atoms with Gasteiger partial charge >= 0.3 is 15.6 Å². The molecule has 0 saturated carbocycles.